The smallest absolute Gasteiger partial charge is 0.311 e. The Morgan fingerprint density at radius 1 is 0.920 bits per heavy atom. The summed E-state index contributed by atoms with van der Waals surface area (Å²) in [6.07, 6.45) is 0.448. The molecule has 0 bridgehead atoms. The van der Waals surface area contributed by atoms with Crippen LogP contribution in [0.3, 0.4) is 0 Å². The highest BCUT2D eigenvalue weighted by Gasteiger charge is 2.20. The number of ether oxygens (including phenoxy) is 1. The fraction of sp³-hybridized carbons (Fsp3) is 0.136. The maximum Gasteiger partial charge on any atom is 0.311 e. The van der Waals surface area contributed by atoms with Crippen molar-refractivity contribution in [3.05, 3.63) is 95.6 Å². The van der Waals surface area contributed by atoms with Crippen molar-refractivity contribution in [3.63, 3.8) is 0 Å². The van der Waals surface area contributed by atoms with Crippen molar-refractivity contribution in [3.8, 4) is 11.5 Å². The fourth-order valence-electron chi connectivity index (χ4n) is 2.78. The molecule has 1 N–H and O–H groups in total. The van der Waals surface area contributed by atoms with Crippen LogP contribution in [0.15, 0.2) is 78.9 Å². The van der Waals surface area contributed by atoms with Gasteiger partial charge in [0, 0.05) is 0 Å². The maximum atomic E-state index is 11.6. The number of carboxylic acid groups (broad SMARTS) is 1. The van der Waals surface area contributed by atoms with Crippen LogP contribution in [0.1, 0.15) is 22.6 Å². The molecule has 0 heterocycles. The Bertz CT molecular complexity index is 839. The zero-order chi connectivity index (χ0) is 17.6. The van der Waals surface area contributed by atoms with Crippen LogP contribution in [0.5, 0.6) is 11.5 Å². The van der Waals surface area contributed by atoms with Gasteiger partial charge in [0.05, 0.1) is 5.92 Å². The summed E-state index contributed by atoms with van der Waals surface area (Å²) in [4.78, 5) is 11.6. The quantitative estimate of drug-likeness (QED) is 0.675. The molecule has 0 aromatic heterocycles. The van der Waals surface area contributed by atoms with Crippen LogP contribution in [0.4, 0.5) is 0 Å². The molecule has 0 aliphatic carbocycles. The minimum atomic E-state index is -0.814. The minimum absolute atomic E-state index is 0.448. The lowest BCUT2D eigenvalue weighted by Crippen LogP contribution is -2.14. The summed E-state index contributed by atoms with van der Waals surface area (Å²) in [6.45, 7) is 2.02. The van der Waals surface area contributed by atoms with Crippen LogP contribution in [-0.2, 0) is 11.2 Å². The van der Waals surface area contributed by atoms with E-state index < -0.39 is 11.9 Å². The van der Waals surface area contributed by atoms with E-state index in [0.29, 0.717) is 6.42 Å². The van der Waals surface area contributed by atoms with E-state index >= 15 is 0 Å². The molecule has 0 aliphatic heterocycles. The van der Waals surface area contributed by atoms with E-state index in [1.165, 1.54) is 0 Å². The average Bonchev–Trinajstić information content (AvgIpc) is 2.61. The molecule has 3 nitrogen and oxygen atoms in total. The molecule has 3 aromatic rings. The average molecular weight is 332 g/mol. The zero-order valence-electron chi connectivity index (χ0n) is 14.1. The number of rotatable bonds is 6. The first kappa shape index (κ1) is 16.8. The van der Waals surface area contributed by atoms with Crippen LogP contribution in [0.25, 0.3) is 0 Å². The van der Waals surface area contributed by atoms with Crippen molar-refractivity contribution >= 4 is 5.97 Å². The number of carboxylic acids is 1. The van der Waals surface area contributed by atoms with Crippen molar-refractivity contribution in [1.82, 2.24) is 0 Å². The lowest BCUT2D eigenvalue weighted by Gasteiger charge is -2.13. The van der Waals surface area contributed by atoms with Gasteiger partial charge in [-0.2, -0.15) is 0 Å². The number of aliphatic carboxylic acids is 1. The van der Waals surface area contributed by atoms with Gasteiger partial charge in [0.1, 0.15) is 11.5 Å². The van der Waals surface area contributed by atoms with E-state index in [2.05, 4.69) is 0 Å². The lowest BCUT2D eigenvalue weighted by molar-refractivity contribution is -0.138. The number of hydrogen-bond donors (Lipinski definition) is 1. The molecular weight excluding hydrogens is 312 g/mol. The van der Waals surface area contributed by atoms with Gasteiger partial charge in [0.2, 0.25) is 0 Å². The molecule has 1 unspecified atom stereocenters. The number of carbonyl (C=O) groups is 1. The third-order valence-electron chi connectivity index (χ3n) is 4.09. The predicted molar refractivity (Wildman–Crippen MR) is 98.2 cm³/mol. The largest absolute Gasteiger partial charge is 0.481 e. The predicted octanol–water partition coefficient (Wildman–Crippen LogP) is 5.20. The Balaban J connectivity index is 1.72. The van der Waals surface area contributed by atoms with Gasteiger partial charge in [-0.3, -0.25) is 4.79 Å². The molecule has 0 aliphatic rings. The van der Waals surface area contributed by atoms with Gasteiger partial charge in [-0.1, -0.05) is 54.6 Å². The molecule has 3 rings (SSSR count). The second-order valence-corrected chi connectivity index (χ2v) is 6.07. The van der Waals surface area contributed by atoms with Crippen molar-refractivity contribution in [2.45, 2.75) is 19.3 Å². The van der Waals surface area contributed by atoms with Crippen molar-refractivity contribution < 1.29 is 14.6 Å². The third-order valence-corrected chi connectivity index (χ3v) is 4.09. The van der Waals surface area contributed by atoms with Crippen molar-refractivity contribution in [2.75, 3.05) is 0 Å². The van der Waals surface area contributed by atoms with Gasteiger partial charge in [0.25, 0.3) is 0 Å². The molecule has 0 spiro atoms. The molecule has 3 heteroatoms. The van der Waals surface area contributed by atoms with Gasteiger partial charge < -0.3 is 9.84 Å². The molecule has 3 aromatic carbocycles. The van der Waals surface area contributed by atoms with Crippen LogP contribution in [0, 0.1) is 6.92 Å². The Morgan fingerprint density at radius 3 is 2.28 bits per heavy atom. The van der Waals surface area contributed by atoms with Gasteiger partial charge in [-0.15, -0.1) is 0 Å². The summed E-state index contributed by atoms with van der Waals surface area (Å²) in [5.74, 6) is 0.164. The summed E-state index contributed by atoms with van der Waals surface area (Å²) in [7, 11) is 0. The maximum absolute atomic E-state index is 11.6. The first-order valence-electron chi connectivity index (χ1n) is 8.23. The highest BCUT2D eigenvalue weighted by atomic mass is 16.5. The standard InChI is InChI=1S/C22H20O3/c1-16-6-5-9-20(14-16)25-19-12-10-17(11-13-19)15-21(22(23)24)18-7-3-2-4-8-18/h2-14,21H,15H2,1H3,(H,23,24). The molecule has 0 radical (unpaired) electrons. The molecule has 25 heavy (non-hydrogen) atoms. The Kier molecular flexibility index (Phi) is 5.14. The summed E-state index contributed by atoms with van der Waals surface area (Å²) in [5.41, 5.74) is 2.92. The Labute approximate surface area is 147 Å². The Morgan fingerprint density at radius 2 is 1.64 bits per heavy atom. The van der Waals surface area contributed by atoms with Crippen LogP contribution in [-0.4, -0.2) is 11.1 Å². The van der Waals surface area contributed by atoms with Gasteiger partial charge in [-0.05, 0) is 54.3 Å². The van der Waals surface area contributed by atoms with Crippen LogP contribution in [0.2, 0.25) is 0 Å². The topological polar surface area (TPSA) is 46.5 Å². The summed E-state index contributed by atoms with van der Waals surface area (Å²) >= 11 is 0. The Hall–Kier alpha value is -3.07. The molecule has 126 valence electrons. The number of benzene rings is 3. The zero-order valence-corrected chi connectivity index (χ0v) is 14.1. The van der Waals surface area contributed by atoms with Crippen LogP contribution < -0.4 is 4.74 Å². The highest BCUT2D eigenvalue weighted by Crippen LogP contribution is 2.25. The number of aryl methyl sites for hydroxylation is 1. The molecule has 0 fully saturated rings. The SMILES string of the molecule is Cc1cccc(Oc2ccc(CC(C(=O)O)c3ccccc3)cc2)c1. The van der Waals surface area contributed by atoms with E-state index in [4.69, 9.17) is 4.74 Å². The first-order chi connectivity index (χ1) is 12.1. The van der Waals surface area contributed by atoms with Gasteiger partial charge in [-0.25, -0.2) is 0 Å². The third kappa shape index (κ3) is 4.48. The summed E-state index contributed by atoms with van der Waals surface area (Å²) in [6, 6.07) is 24.8. The molecule has 0 amide bonds. The normalized spacial score (nSPS) is 11.7. The van der Waals surface area contributed by atoms with E-state index in [1.807, 2.05) is 85.8 Å². The number of hydrogen-bond acceptors (Lipinski definition) is 2. The molecule has 1 atom stereocenters. The van der Waals surface area contributed by atoms with Gasteiger partial charge >= 0.3 is 5.97 Å². The minimum Gasteiger partial charge on any atom is -0.481 e. The second-order valence-electron chi connectivity index (χ2n) is 6.07. The van der Waals surface area contributed by atoms with E-state index in [-0.39, 0.29) is 0 Å². The van der Waals surface area contributed by atoms with Gasteiger partial charge in [0.15, 0.2) is 0 Å². The summed E-state index contributed by atoms with van der Waals surface area (Å²) < 4.78 is 5.83. The molecule has 0 saturated carbocycles. The van der Waals surface area contributed by atoms with Crippen LogP contribution >= 0.6 is 0 Å². The fourth-order valence-corrected chi connectivity index (χ4v) is 2.78. The molecule has 0 saturated heterocycles. The van der Waals surface area contributed by atoms with E-state index in [0.717, 1.165) is 28.2 Å². The van der Waals surface area contributed by atoms with Crippen molar-refractivity contribution in [2.24, 2.45) is 0 Å². The first-order valence-corrected chi connectivity index (χ1v) is 8.23. The highest BCUT2D eigenvalue weighted by molar-refractivity contribution is 5.76. The van der Waals surface area contributed by atoms with E-state index in [9.17, 15) is 9.90 Å². The monoisotopic (exact) mass is 332 g/mol. The van der Waals surface area contributed by atoms with E-state index in [1.54, 1.807) is 0 Å². The molecular formula is C22H20O3. The second kappa shape index (κ2) is 7.67. The summed E-state index contributed by atoms with van der Waals surface area (Å²) in [5, 5.41) is 9.54. The van der Waals surface area contributed by atoms with Crippen molar-refractivity contribution in [1.29, 1.82) is 0 Å². The lowest BCUT2D eigenvalue weighted by atomic mass is 9.92.